The number of halogens is 1. The predicted octanol–water partition coefficient (Wildman–Crippen LogP) is 3.66. The molecule has 0 amide bonds. The first-order valence-electron chi connectivity index (χ1n) is 6.23. The SMILES string of the molecule is Cc1nc2cccc(Br)c2c(=O)n1C1=CCCC=C1. The zero-order valence-electron chi connectivity index (χ0n) is 10.6. The van der Waals surface area contributed by atoms with Crippen molar-refractivity contribution in [3.05, 3.63) is 57.1 Å². The number of hydrogen-bond acceptors (Lipinski definition) is 2. The van der Waals surface area contributed by atoms with Crippen LogP contribution in [0, 0.1) is 6.92 Å². The molecule has 0 bridgehead atoms. The minimum Gasteiger partial charge on any atom is -0.268 e. The molecule has 0 N–H and O–H groups in total. The van der Waals surface area contributed by atoms with Gasteiger partial charge in [0.05, 0.1) is 10.9 Å². The van der Waals surface area contributed by atoms with Crippen LogP contribution in [0.25, 0.3) is 16.6 Å². The second kappa shape index (κ2) is 4.78. The Hall–Kier alpha value is -1.68. The number of benzene rings is 1. The van der Waals surface area contributed by atoms with Gasteiger partial charge in [0.15, 0.2) is 0 Å². The quantitative estimate of drug-likeness (QED) is 0.804. The van der Waals surface area contributed by atoms with Gasteiger partial charge in [-0.3, -0.25) is 9.36 Å². The lowest BCUT2D eigenvalue weighted by molar-refractivity contribution is 0.900. The summed E-state index contributed by atoms with van der Waals surface area (Å²) in [5, 5.41) is 0.632. The molecular formula is C15H13BrN2O. The first-order chi connectivity index (χ1) is 9.18. The maximum Gasteiger partial charge on any atom is 0.267 e. The highest BCUT2D eigenvalue weighted by Gasteiger charge is 2.13. The number of aryl methyl sites for hydroxylation is 1. The number of nitrogens with zero attached hydrogens (tertiary/aromatic N) is 2. The Morgan fingerprint density at radius 2 is 2.16 bits per heavy atom. The Kier molecular flexibility index (Phi) is 3.11. The van der Waals surface area contributed by atoms with Crippen LogP contribution in [0.3, 0.4) is 0 Å². The third kappa shape index (κ3) is 2.06. The van der Waals surface area contributed by atoms with Crippen LogP contribution in [0.2, 0.25) is 0 Å². The molecule has 0 fully saturated rings. The Balaban J connectivity index is 2.37. The first kappa shape index (κ1) is 12.4. The molecule has 0 atom stereocenters. The van der Waals surface area contributed by atoms with Gasteiger partial charge < -0.3 is 0 Å². The van der Waals surface area contributed by atoms with Gasteiger partial charge in [0.1, 0.15) is 5.82 Å². The summed E-state index contributed by atoms with van der Waals surface area (Å²) < 4.78 is 2.47. The van der Waals surface area contributed by atoms with Crippen LogP contribution in [0.1, 0.15) is 18.7 Å². The van der Waals surface area contributed by atoms with E-state index >= 15 is 0 Å². The van der Waals surface area contributed by atoms with Gasteiger partial charge in [-0.05, 0) is 53.9 Å². The molecule has 0 saturated heterocycles. The molecule has 1 aromatic carbocycles. The second-order valence-corrected chi connectivity index (χ2v) is 5.40. The first-order valence-corrected chi connectivity index (χ1v) is 7.03. The second-order valence-electron chi connectivity index (χ2n) is 4.54. The molecule has 0 aliphatic heterocycles. The topological polar surface area (TPSA) is 34.9 Å². The normalized spacial score (nSPS) is 14.7. The zero-order valence-corrected chi connectivity index (χ0v) is 12.1. The van der Waals surface area contributed by atoms with Gasteiger partial charge in [-0.1, -0.05) is 18.2 Å². The highest BCUT2D eigenvalue weighted by molar-refractivity contribution is 9.10. The van der Waals surface area contributed by atoms with Gasteiger partial charge in [0.25, 0.3) is 5.56 Å². The Labute approximate surface area is 119 Å². The standard InChI is InChI=1S/C15H13BrN2O/c1-10-17-13-9-5-8-12(16)14(13)15(19)18(10)11-6-3-2-4-7-11/h3,5-9H,2,4H2,1H3. The highest BCUT2D eigenvalue weighted by Crippen LogP contribution is 2.21. The summed E-state index contributed by atoms with van der Waals surface area (Å²) in [6.45, 7) is 1.87. The van der Waals surface area contributed by atoms with E-state index in [4.69, 9.17) is 0 Å². The minimum atomic E-state index is -0.0206. The number of fused-ring (bicyclic) bond motifs is 1. The highest BCUT2D eigenvalue weighted by atomic mass is 79.9. The number of allylic oxidation sites excluding steroid dienone is 4. The summed E-state index contributed by atoms with van der Waals surface area (Å²) >= 11 is 3.44. The van der Waals surface area contributed by atoms with Crippen LogP contribution in [0.4, 0.5) is 0 Å². The van der Waals surface area contributed by atoms with Gasteiger partial charge in [0.2, 0.25) is 0 Å². The van der Waals surface area contributed by atoms with Crippen molar-refractivity contribution in [2.75, 3.05) is 0 Å². The molecule has 3 nitrogen and oxygen atoms in total. The molecule has 0 saturated carbocycles. The van der Waals surface area contributed by atoms with E-state index in [0.29, 0.717) is 11.2 Å². The molecule has 96 valence electrons. The third-order valence-electron chi connectivity index (χ3n) is 3.25. The fourth-order valence-electron chi connectivity index (χ4n) is 2.37. The van der Waals surface area contributed by atoms with E-state index in [1.807, 2.05) is 31.2 Å². The summed E-state index contributed by atoms with van der Waals surface area (Å²) in [5.41, 5.74) is 1.63. The van der Waals surface area contributed by atoms with E-state index in [2.05, 4.69) is 33.1 Å². The lowest BCUT2D eigenvalue weighted by Crippen LogP contribution is -2.23. The van der Waals surface area contributed by atoms with Crippen molar-refractivity contribution in [2.45, 2.75) is 19.8 Å². The fraction of sp³-hybridized carbons (Fsp3) is 0.200. The fourth-order valence-corrected chi connectivity index (χ4v) is 2.90. The Morgan fingerprint density at radius 1 is 1.32 bits per heavy atom. The van der Waals surface area contributed by atoms with Crippen molar-refractivity contribution in [1.29, 1.82) is 0 Å². The minimum absolute atomic E-state index is 0.0206. The van der Waals surface area contributed by atoms with E-state index in [9.17, 15) is 4.79 Å². The van der Waals surface area contributed by atoms with Gasteiger partial charge in [-0.2, -0.15) is 0 Å². The van der Waals surface area contributed by atoms with Gasteiger partial charge in [-0.15, -0.1) is 0 Å². The van der Waals surface area contributed by atoms with Gasteiger partial charge >= 0.3 is 0 Å². The van der Waals surface area contributed by atoms with E-state index in [-0.39, 0.29) is 5.56 Å². The van der Waals surface area contributed by atoms with E-state index in [1.54, 1.807) is 4.57 Å². The molecule has 2 aromatic rings. The average molecular weight is 317 g/mol. The molecule has 1 aliphatic rings. The van der Waals surface area contributed by atoms with Crippen molar-refractivity contribution in [3.63, 3.8) is 0 Å². The van der Waals surface area contributed by atoms with Crippen LogP contribution in [-0.2, 0) is 0 Å². The molecule has 4 heteroatoms. The maximum absolute atomic E-state index is 12.7. The van der Waals surface area contributed by atoms with Crippen molar-refractivity contribution in [2.24, 2.45) is 0 Å². The van der Waals surface area contributed by atoms with Gasteiger partial charge in [0, 0.05) is 10.2 Å². The van der Waals surface area contributed by atoms with Crippen molar-refractivity contribution in [1.82, 2.24) is 9.55 Å². The van der Waals surface area contributed by atoms with E-state index in [1.165, 1.54) is 0 Å². The van der Waals surface area contributed by atoms with Crippen LogP contribution in [-0.4, -0.2) is 9.55 Å². The monoisotopic (exact) mass is 316 g/mol. The van der Waals surface area contributed by atoms with E-state index < -0.39 is 0 Å². The summed E-state index contributed by atoms with van der Waals surface area (Å²) in [6, 6.07) is 5.63. The summed E-state index contributed by atoms with van der Waals surface area (Å²) in [6.07, 6.45) is 8.15. The summed E-state index contributed by atoms with van der Waals surface area (Å²) in [7, 11) is 0. The summed E-state index contributed by atoms with van der Waals surface area (Å²) in [4.78, 5) is 17.2. The van der Waals surface area contributed by atoms with Crippen molar-refractivity contribution >= 4 is 32.5 Å². The molecule has 3 rings (SSSR count). The van der Waals surface area contributed by atoms with Crippen LogP contribution in [0.5, 0.6) is 0 Å². The smallest absolute Gasteiger partial charge is 0.267 e. The molecule has 1 aromatic heterocycles. The van der Waals surface area contributed by atoms with Crippen molar-refractivity contribution < 1.29 is 0 Å². The van der Waals surface area contributed by atoms with Crippen LogP contribution in [0.15, 0.2) is 45.7 Å². The number of aromatic nitrogens is 2. The van der Waals surface area contributed by atoms with Crippen molar-refractivity contribution in [3.8, 4) is 0 Å². The maximum atomic E-state index is 12.7. The molecule has 0 unspecified atom stereocenters. The third-order valence-corrected chi connectivity index (χ3v) is 3.91. The molecule has 1 heterocycles. The Morgan fingerprint density at radius 3 is 2.89 bits per heavy atom. The van der Waals surface area contributed by atoms with Crippen LogP contribution >= 0.6 is 15.9 Å². The predicted molar refractivity (Wildman–Crippen MR) is 81.1 cm³/mol. The largest absolute Gasteiger partial charge is 0.268 e. The molecule has 19 heavy (non-hydrogen) atoms. The lowest BCUT2D eigenvalue weighted by atomic mass is 10.1. The molecule has 0 spiro atoms. The van der Waals surface area contributed by atoms with Gasteiger partial charge in [-0.25, -0.2) is 4.98 Å². The molecule has 1 aliphatic carbocycles. The number of hydrogen-bond donors (Lipinski definition) is 0. The zero-order chi connectivity index (χ0) is 13.4. The average Bonchev–Trinajstić information content (AvgIpc) is 2.39. The molecule has 0 radical (unpaired) electrons. The van der Waals surface area contributed by atoms with Crippen LogP contribution < -0.4 is 5.56 Å². The Bertz CT molecular complexity index is 772. The summed E-state index contributed by atoms with van der Waals surface area (Å²) in [5.74, 6) is 0.716. The number of rotatable bonds is 1. The lowest BCUT2D eigenvalue weighted by Gasteiger charge is -2.14. The molecular weight excluding hydrogens is 304 g/mol. The van der Waals surface area contributed by atoms with E-state index in [0.717, 1.165) is 28.5 Å².